The zero-order valence-electron chi connectivity index (χ0n) is 10.6. The smallest absolute Gasteiger partial charge is 0.0954 e. The number of nitrogens with one attached hydrogen (secondary N) is 1. The molecule has 4 nitrogen and oxygen atoms in total. The summed E-state index contributed by atoms with van der Waals surface area (Å²) in [6, 6.07) is 6.72. The molecule has 2 aromatic heterocycles. The molecule has 2 aromatic rings. The highest BCUT2D eigenvalue weighted by Gasteiger charge is 2.22. The largest absolute Gasteiger partial charge is 0.324 e. The molecule has 2 unspecified atom stereocenters. The van der Waals surface area contributed by atoms with E-state index >= 15 is 0 Å². The van der Waals surface area contributed by atoms with Crippen LogP contribution in [0.4, 0.5) is 0 Å². The summed E-state index contributed by atoms with van der Waals surface area (Å²) in [7, 11) is 0. The molecule has 2 atom stereocenters. The summed E-state index contributed by atoms with van der Waals surface area (Å²) in [5.74, 6) is 0. The SMILES string of the molecule is CC(c1ccccn1)n1cncc1C1CCCN1. The van der Waals surface area contributed by atoms with Gasteiger partial charge in [0.1, 0.15) is 0 Å². The minimum atomic E-state index is 0.228. The van der Waals surface area contributed by atoms with Crippen LogP contribution in [-0.4, -0.2) is 21.1 Å². The molecule has 1 N–H and O–H groups in total. The van der Waals surface area contributed by atoms with Crippen LogP contribution in [-0.2, 0) is 0 Å². The van der Waals surface area contributed by atoms with E-state index in [4.69, 9.17) is 0 Å². The molecule has 1 fully saturated rings. The molecule has 3 heterocycles. The van der Waals surface area contributed by atoms with Crippen LogP contribution < -0.4 is 5.32 Å². The lowest BCUT2D eigenvalue weighted by Gasteiger charge is -2.19. The van der Waals surface area contributed by atoms with E-state index in [0.29, 0.717) is 6.04 Å². The van der Waals surface area contributed by atoms with Gasteiger partial charge in [-0.15, -0.1) is 0 Å². The second-order valence-electron chi connectivity index (χ2n) is 4.81. The van der Waals surface area contributed by atoms with Gasteiger partial charge in [-0.05, 0) is 38.4 Å². The summed E-state index contributed by atoms with van der Waals surface area (Å²) in [5.41, 5.74) is 2.35. The number of imidazole rings is 1. The highest BCUT2D eigenvalue weighted by Crippen LogP contribution is 2.26. The van der Waals surface area contributed by atoms with Gasteiger partial charge in [-0.3, -0.25) is 4.98 Å². The molecule has 1 aliphatic heterocycles. The second-order valence-corrected chi connectivity index (χ2v) is 4.81. The van der Waals surface area contributed by atoms with E-state index in [-0.39, 0.29) is 6.04 Å². The number of hydrogen-bond donors (Lipinski definition) is 1. The number of pyridine rings is 1. The van der Waals surface area contributed by atoms with Crippen LogP contribution in [0.3, 0.4) is 0 Å². The van der Waals surface area contributed by atoms with Crippen molar-refractivity contribution in [2.45, 2.75) is 31.8 Å². The maximum atomic E-state index is 4.43. The zero-order chi connectivity index (χ0) is 12.4. The topological polar surface area (TPSA) is 42.7 Å². The van der Waals surface area contributed by atoms with Gasteiger partial charge in [0.2, 0.25) is 0 Å². The van der Waals surface area contributed by atoms with Crippen molar-refractivity contribution in [2.24, 2.45) is 0 Å². The van der Waals surface area contributed by atoms with Gasteiger partial charge in [-0.1, -0.05) is 6.07 Å². The number of hydrogen-bond acceptors (Lipinski definition) is 3. The van der Waals surface area contributed by atoms with Crippen LogP contribution in [0.1, 0.15) is 43.2 Å². The Kier molecular flexibility index (Phi) is 3.11. The summed E-state index contributed by atoms with van der Waals surface area (Å²) in [6.07, 6.45) is 8.17. The molecule has 3 rings (SSSR count). The quantitative estimate of drug-likeness (QED) is 0.898. The van der Waals surface area contributed by atoms with Crippen molar-refractivity contribution in [1.82, 2.24) is 19.9 Å². The normalized spacial score (nSPS) is 21.1. The lowest BCUT2D eigenvalue weighted by atomic mass is 10.1. The highest BCUT2D eigenvalue weighted by atomic mass is 15.1. The number of aromatic nitrogens is 3. The van der Waals surface area contributed by atoms with E-state index < -0.39 is 0 Å². The van der Waals surface area contributed by atoms with Crippen molar-refractivity contribution in [1.29, 1.82) is 0 Å². The molecular formula is C14H18N4. The molecule has 18 heavy (non-hydrogen) atoms. The first-order valence-corrected chi connectivity index (χ1v) is 6.52. The minimum absolute atomic E-state index is 0.228. The Morgan fingerprint density at radius 3 is 3.11 bits per heavy atom. The first kappa shape index (κ1) is 11.4. The Morgan fingerprint density at radius 2 is 2.39 bits per heavy atom. The Labute approximate surface area is 107 Å². The lowest BCUT2D eigenvalue weighted by Crippen LogP contribution is -2.19. The summed E-state index contributed by atoms with van der Waals surface area (Å²) >= 11 is 0. The van der Waals surface area contributed by atoms with E-state index in [9.17, 15) is 0 Å². The van der Waals surface area contributed by atoms with Crippen molar-refractivity contribution in [2.75, 3.05) is 6.54 Å². The first-order valence-electron chi connectivity index (χ1n) is 6.52. The summed E-state index contributed by atoms with van der Waals surface area (Å²) in [4.78, 5) is 8.74. The maximum absolute atomic E-state index is 4.43. The molecular weight excluding hydrogens is 224 g/mol. The van der Waals surface area contributed by atoms with Crippen molar-refractivity contribution in [3.63, 3.8) is 0 Å². The van der Waals surface area contributed by atoms with Crippen molar-refractivity contribution >= 4 is 0 Å². The van der Waals surface area contributed by atoms with Gasteiger partial charge < -0.3 is 9.88 Å². The maximum Gasteiger partial charge on any atom is 0.0954 e. The van der Waals surface area contributed by atoms with Crippen LogP contribution in [0.2, 0.25) is 0 Å². The van der Waals surface area contributed by atoms with Crippen LogP contribution in [0.25, 0.3) is 0 Å². The van der Waals surface area contributed by atoms with Gasteiger partial charge in [-0.2, -0.15) is 0 Å². The molecule has 0 saturated carbocycles. The van der Waals surface area contributed by atoms with Crippen molar-refractivity contribution < 1.29 is 0 Å². The molecule has 0 amide bonds. The van der Waals surface area contributed by atoms with Crippen LogP contribution >= 0.6 is 0 Å². The van der Waals surface area contributed by atoms with Crippen molar-refractivity contribution in [3.8, 4) is 0 Å². The Bertz CT molecular complexity index is 500. The van der Waals surface area contributed by atoms with Gasteiger partial charge in [-0.25, -0.2) is 4.98 Å². The van der Waals surface area contributed by atoms with E-state index in [1.54, 1.807) is 0 Å². The molecule has 4 heteroatoms. The van der Waals surface area contributed by atoms with Crippen LogP contribution in [0.5, 0.6) is 0 Å². The fourth-order valence-corrected chi connectivity index (χ4v) is 2.61. The Balaban J connectivity index is 1.90. The molecule has 0 aliphatic carbocycles. The van der Waals surface area contributed by atoms with E-state index in [2.05, 4.69) is 32.8 Å². The number of rotatable bonds is 3. The summed E-state index contributed by atoms with van der Waals surface area (Å²) in [6.45, 7) is 3.27. The highest BCUT2D eigenvalue weighted by molar-refractivity contribution is 5.15. The average Bonchev–Trinajstić information content (AvgIpc) is 3.09. The monoisotopic (exact) mass is 242 g/mol. The second kappa shape index (κ2) is 4.90. The minimum Gasteiger partial charge on any atom is -0.324 e. The third kappa shape index (κ3) is 2.04. The standard InChI is InChI=1S/C14H18N4/c1-11(12-5-2-3-7-16-12)18-10-15-9-14(18)13-6-4-8-17-13/h2-3,5,7,9-11,13,17H,4,6,8H2,1H3. The van der Waals surface area contributed by atoms with Gasteiger partial charge in [0.15, 0.2) is 0 Å². The fraction of sp³-hybridized carbons (Fsp3) is 0.429. The Morgan fingerprint density at radius 1 is 1.44 bits per heavy atom. The average molecular weight is 242 g/mol. The number of nitrogens with zero attached hydrogens (tertiary/aromatic N) is 3. The van der Waals surface area contributed by atoms with Gasteiger partial charge >= 0.3 is 0 Å². The van der Waals surface area contributed by atoms with Gasteiger partial charge in [0, 0.05) is 18.4 Å². The predicted octanol–water partition coefficient (Wildman–Crippen LogP) is 2.31. The van der Waals surface area contributed by atoms with Crippen molar-refractivity contribution in [3.05, 3.63) is 48.3 Å². The van der Waals surface area contributed by atoms with Crippen LogP contribution in [0, 0.1) is 0 Å². The molecule has 0 radical (unpaired) electrons. The molecule has 0 bridgehead atoms. The van der Waals surface area contributed by atoms with Gasteiger partial charge in [0.05, 0.1) is 23.8 Å². The Hall–Kier alpha value is -1.68. The molecule has 1 saturated heterocycles. The van der Waals surface area contributed by atoms with E-state index in [1.807, 2.05) is 30.9 Å². The molecule has 1 aliphatic rings. The zero-order valence-corrected chi connectivity index (χ0v) is 10.6. The third-order valence-electron chi connectivity index (χ3n) is 3.65. The third-order valence-corrected chi connectivity index (χ3v) is 3.65. The molecule has 94 valence electrons. The summed E-state index contributed by atoms with van der Waals surface area (Å²) < 4.78 is 2.23. The molecule has 0 spiro atoms. The van der Waals surface area contributed by atoms with Gasteiger partial charge in [0.25, 0.3) is 0 Å². The predicted molar refractivity (Wildman–Crippen MR) is 70.3 cm³/mol. The fourth-order valence-electron chi connectivity index (χ4n) is 2.61. The lowest BCUT2D eigenvalue weighted by molar-refractivity contribution is 0.531. The van der Waals surface area contributed by atoms with E-state index in [0.717, 1.165) is 12.2 Å². The van der Waals surface area contributed by atoms with E-state index in [1.165, 1.54) is 18.5 Å². The van der Waals surface area contributed by atoms with Crippen LogP contribution in [0.15, 0.2) is 36.9 Å². The summed E-state index contributed by atoms with van der Waals surface area (Å²) in [5, 5.41) is 3.52. The molecule has 0 aromatic carbocycles. The first-order chi connectivity index (χ1) is 8.86.